The lowest BCUT2D eigenvalue weighted by atomic mass is 9.68. The van der Waals surface area contributed by atoms with Gasteiger partial charge in [-0.1, -0.05) is 158 Å². The summed E-state index contributed by atoms with van der Waals surface area (Å²) >= 11 is 0. The number of rotatable bonds is 4. The molecule has 8 aromatic rings. The summed E-state index contributed by atoms with van der Waals surface area (Å²) in [7, 11) is 0. The zero-order chi connectivity index (χ0) is 32.7. The maximum Gasteiger partial charge on any atom is 0.145 e. The highest BCUT2D eigenvalue weighted by Crippen LogP contribution is 2.58. The van der Waals surface area contributed by atoms with Gasteiger partial charge in [0.25, 0.3) is 0 Å². The van der Waals surface area contributed by atoms with E-state index in [9.17, 15) is 0 Å². The molecule has 2 heteroatoms. The van der Waals surface area contributed by atoms with Crippen LogP contribution in [0.25, 0.3) is 50.4 Å². The van der Waals surface area contributed by atoms with E-state index in [2.05, 4.69) is 188 Å². The summed E-state index contributed by atoms with van der Waals surface area (Å²) in [5, 5.41) is 0. The van der Waals surface area contributed by atoms with Crippen LogP contribution in [0.4, 0.5) is 0 Å². The lowest BCUT2D eigenvalue weighted by molar-refractivity contribution is 0.676. The molecular weight excluding hydrogens is 593 g/mol. The third-order valence-electron chi connectivity index (χ3n) is 11.4. The first-order chi connectivity index (χ1) is 24.1. The molecule has 0 spiro atoms. The van der Waals surface area contributed by atoms with Gasteiger partial charge in [-0.15, -0.1) is 0 Å². The van der Waals surface area contributed by atoms with Crippen molar-refractivity contribution in [3.63, 3.8) is 0 Å². The Morgan fingerprint density at radius 2 is 0.776 bits per heavy atom. The van der Waals surface area contributed by atoms with Crippen molar-refractivity contribution >= 4 is 11.0 Å². The zero-order valence-electron chi connectivity index (χ0n) is 27.6. The minimum atomic E-state index is -0.425. The largest absolute Gasteiger partial charge is 0.292 e. The second-order valence-corrected chi connectivity index (χ2v) is 13.8. The van der Waals surface area contributed by atoms with Gasteiger partial charge >= 0.3 is 0 Å². The lowest BCUT2D eigenvalue weighted by Crippen LogP contribution is -2.30. The first kappa shape index (κ1) is 28.1. The number of para-hydroxylation sites is 3. The van der Waals surface area contributed by atoms with E-state index in [0.29, 0.717) is 0 Å². The molecule has 0 aliphatic heterocycles. The number of nitrogens with zero attached hydrogens (tertiary/aromatic N) is 2. The first-order valence-corrected chi connectivity index (χ1v) is 17.2. The SMILES string of the molecule is CC1(c2cccc(C3(C)c4ccccc4-c4ccccc43)c2-n2c(-c3ccccc3)nc3ccccc32)c2ccccc2-c2ccccc21. The molecule has 2 nitrogen and oxygen atoms in total. The van der Waals surface area contributed by atoms with E-state index in [-0.39, 0.29) is 0 Å². The van der Waals surface area contributed by atoms with Gasteiger partial charge < -0.3 is 0 Å². The molecule has 2 aliphatic rings. The maximum absolute atomic E-state index is 5.38. The van der Waals surface area contributed by atoms with Crippen molar-refractivity contribution in [3.05, 3.63) is 203 Å². The third-order valence-corrected chi connectivity index (χ3v) is 11.4. The monoisotopic (exact) mass is 626 g/mol. The van der Waals surface area contributed by atoms with Gasteiger partial charge in [-0.2, -0.15) is 0 Å². The van der Waals surface area contributed by atoms with Crippen molar-refractivity contribution in [2.24, 2.45) is 0 Å². The highest BCUT2D eigenvalue weighted by molar-refractivity contribution is 5.90. The van der Waals surface area contributed by atoms with Gasteiger partial charge in [0, 0.05) is 16.4 Å². The summed E-state index contributed by atoms with van der Waals surface area (Å²) in [6.07, 6.45) is 0. The van der Waals surface area contributed by atoms with E-state index < -0.39 is 10.8 Å². The van der Waals surface area contributed by atoms with Crippen LogP contribution in [-0.2, 0) is 10.8 Å². The van der Waals surface area contributed by atoms with Gasteiger partial charge in [-0.3, -0.25) is 4.57 Å². The second kappa shape index (κ2) is 10.3. The van der Waals surface area contributed by atoms with Gasteiger partial charge in [0.05, 0.1) is 16.7 Å². The smallest absolute Gasteiger partial charge is 0.145 e. The summed E-state index contributed by atoms with van der Waals surface area (Å²) < 4.78 is 2.47. The molecule has 0 N–H and O–H groups in total. The molecule has 0 amide bonds. The molecular formula is C47H34N2. The van der Waals surface area contributed by atoms with Crippen molar-refractivity contribution in [2.45, 2.75) is 24.7 Å². The highest BCUT2D eigenvalue weighted by Gasteiger charge is 2.47. The van der Waals surface area contributed by atoms with Gasteiger partial charge in [-0.25, -0.2) is 4.98 Å². The summed E-state index contributed by atoms with van der Waals surface area (Å²) in [6, 6.07) is 62.2. The third kappa shape index (κ3) is 3.69. The van der Waals surface area contributed by atoms with Crippen LogP contribution in [0.3, 0.4) is 0 Å². The van der Waals surface area contributed by atoms with Crippen LogP contribution in [0, 0.1) is 0 Å². The lowest BCUT2D eigenvalue weighted by Gasteiger charge is -2.36. The first-order valence-electron chi connectivity index (χ1n) is 17.2. The van der Waals surface area contributed by atoms with Crippen LogP contribution in [0.2, 0.25) is 0 Å². The molecule has 10 rings (SSSR count). The van der Waals surface area contributed by atoms with E-state index in [1.54, 1.807) is 0 Å². The van der Waals surface area contributed by atoms with Gasteiger partial charge in [0.2, 0.25) is 0 Å². The topological polar surface area (TPSA) is 17.8 Å². The molecule has 232 valence electrons. The summed E-state index contributed by atoms with van der Waals surface area (Å²) in [6.45, 7) is 4.86. The Hall–Kier alpha value is -5.99. The Morgan fingerprint density at radius 3 is 1.27 bits per heavy atom. The molecule has 0 saturated heterocycles. The fourth-order valence-corrected chi connectivity index (χ4v) is 9.11. The predicted molar refractivity (Wildman–Crippen MR) is 201 cm³/mol. The van der Waals surface area contributed by atoms with Crippen molar-refractivity contribution in [1.29, 1.82) is 0 Å². The molecule has 0 radical (unpaired) electrons. The van der Waals surface area contributed by atoms with E-state index in [1.165, 1.54) is 61.3 Å². The molecule has 2 aliphatic carbocycles. The molecule has 7 aromatic carbocycles. The predicted octanol–water partition coefficient (Wildman–Crippen LogP) is 11.4. The Balaban J connectivity index is 1.40. The van der Waals surface area contributed by atoms with E-state index >= 15 is 0 Å². The van der Waals surface area contributed by atoms with Gasteiger partial charge in [0.15, 0.2) is 0 Å². The molecule has 1 heterocycles. The number of imidazole rings is 1. The molecule has 49 heavy (non-hydrogen) atoms. The number of benzene rings is 7. The molecule has 0 bridgehead atoms. The van der Waals surface area contributed by atoms with Crippen LogP contribution in [-0.4, -0.2) is 9.55 Å². The minimum Gasteiger partial charge on any atom is -0.292 e. The van der Waals surface area contributed by atoms with Crippen molar-refractivity contribution in [2.75, 3.05) is 0 Å². The van der Waals surface area contributed by atoms with E-state index in [1.807, 2.05) is 0 Å². The average molecular weight is 627 g/mol. The van der Waals surface area contributed by atoms with E-state index in [4.69, 9.17) is 4.98 Å². The zero-order valence-corrected chi connectivity index (χ0v) is 27.6. The standard InChI is InChI=1S/C47H34N2/c1-46(36-23-10-6-19-32(36)33-20-7-11-24-37(33)46)40-27-16-28-41(47(2)38-25-12-8-21-34(38)35-22-9-13-26-39(35)47)44(40)49-43-30-15-14-29-42(43)48-45(49)31-17-4-3-5-18-31/h3-30H,1-2H3. The summed E-state index contributed by atoms with van der Waals surface area (Å²) in [5.41, 5.74) is 16.6. The number of hydrogen-bond donors (Lipinski definition) is 0. The Morgan fingerprint density at radius 1 is 0.388 bits per heavy atom. The van der Waals surface area contributed by atoms with Crippen LogP contribution < -0.4 is 0 Å². The molecule has 0 saturated carbocycles. The molecule has 0 fully saturated rings. The van der Waals surface area contributed by atoms with Gasteiger partial charge in [-0.05, 0) is 81.6 Å². The Kier molecular flexibility index (Phi) is 5.87. The summed E-state index contributed by atoms with van der Waals surface area (Å²) in [5.74, 6) is 0.946. The van der Waals surface area contributed by atoms with Gasteiger partial charge in [0.1, 0.15) is 5.82 Å². The number of fused-ring (bicyclic) bond motifs is 7. The quantitative estimate of drug-likeness (QED) is 0.190. The Labute approximate surface area is 287 Å². The van der Waals surface area contributed by atoms with Crippen molar-refractivity contribution in [3.8, 4) is 39.3 Å². The minimum absolute atomic E-state index is 0.425. The number of aromatic nitrogens is 2. The maximum atomic E-state index is 5.38. The normalized spacial score (nSPS) is 14.7. The molecule has 0 atom stereocenters. The van der Waals surface area contributed by atoms with E-state index in [0.717, 1.165) is 22.4 Å². The van der Waals surface area contributed by atoms with Crippen LogP contribution >= 0.6 is 0 Å². The van der Waals surface area contributed by atoms with Crippen LogP contribution in [0.1, 0.15) is 47.2 Å². The number of hydrogen-bond acceptors (Lipinski definition) is 1. The fraction of sp³-hybridized carbons (Fsp3) is 0.0851. The van der Waals surface area contributed by atoms with Crippen LogP contribution in [0.15, 0.2) is 170 Å². The second-order valence-electron chi connectivity index (χ2n) is 13.8. The van der Waals surface area contributed by atoms with Crippen molar-refractivity contribution in [1.82, 2.24) is 9.55 Å². The van der Waals surface area contributed by atoms with Crippen molar-refractivity contribution < 1.29 is 0 Å². The summed E-state index contributed by atoms with van der Waals surface area (Å²) in [4.78, 5) is 5.38. The highest BCUT2D eigenvalue weighted by atomic mass is 15.1. The fourth-order valence-electron chi connectivity index (χ4n) is 9.11. The molecule has 0 unspecified atom stereocenters. The average Bonchev–Trinajstić information content (AvgIpc) is 3.77. The van der Waals surface area contributed by atoms with Crippen LogP contribution in [0.5, 0.6) is 0 Å². The molecule has 1 aromatic heterocycles. The Bertz CT molecular complexity index is 2380.